The van der Waals surface area contributed by atoms with E-state index < -0.39 is 0 Å². The molecule has 4 nitrogen and oxygen atoms in total. The third kappa shape index (κ3) is 2.74. The molecule has 2 rings (SSSR count). The maximum atomic E-state index is 12.3. The summed E-state index contributed by atoms with van der Waals surface area (Å²) in [6, 6.07) is -0.133. The molecule has 0 aromatic rings. The van der Waals surface area contributed by atoms with Crippen molar-refractivity contribution in [3.63, 3.8) is 0 Å². The van der Waals surface area contributed by atoms with Crippen molar-refractivity contribution in [2.24, 2.45) is 0 Å². The van der Waals surface area contributed by atoms with Gasteiger partial charge in [0.25, 0.3) is 0 Å². The lowest BCUT2D eigenvalue weighted by Crippen LogP contribution is -2.56. The zero-order chi connectivity index (χ0) is 11.4. The summed E-state index contributed by atoms with van der Waals surface area (Å²) < 4.78 is 5.52. The van der Waals surface area contributed by atoms with Gasteiger partial charge in [0.1, 0.15) is 6.04 Å². The molecule has 2 fully saturated rings. The molecule has 1 N–H and O–H groups in total. The first kappa shape index (κ1) is 11.9. The van der Waals surface area contributed by atoms with Crippen molar-refractivity contribution in [1.82, 2.24) is 10.2 Å². The summed E-state index contributed by atoms with van der Waals surface area (Å²) in [6.45, 7) is 5.32. The lowest BCUT2D eigenvalue weighted by molar-refractivity contribution is -0.139. The number of nitrogens with zero attached hydrogens (tertiary/aromatic N) is 1. The van der Waals surface area contributed by atoms with Crippen molar-refractivity contribution >= 4 is 5.91 Å². The van der Waals surface area contributed by atoms with Gasteiger partial charge in [0.2, 0.25) is 5.91 Å². The highest BCUT2D eigenvalue weighted by Crippen LogP contribution is 2.13. The summed E-state index contributed by atoms with van der Waals surface area (Å²) in [5.41, 5.74) is 0. The summed E-state index contributed by atoms with van der Waals surface area (Å²) in [5, 5.41) is 3.27. The van der Waals surface area contributed by atoms with Gasteiger partial charge in [-0.05, 0) is 19.8 Å². The number of ether oxygens (including phenoxy) is 1. The van der Waals surface area contributed by atoms with E-state index in [1.54, 1.807) is 0 Å². The van der Waals surface area contributed by atoms with Crippen molar-refractivity contribution < 1.29 is 9.53 Å². The van der Waals surface area contributed by atoms with Gasteiger partial charge >= 0.3 is 0 Å². The van der Waals surface area contributed by atoms with Crippen LogP contribution in [0.25, 0.3) is 0 Å². The lowest BCUT2D eigenvalue weighted by atomic mass is 10.1. The Labute approximate surface area is 97.3 Å². The molecule has 2 atom stereocenters. The average molecular weight is 226 g/mol. The predicted molar refractivity (Wildman–Crippen MR) is 62.3 cm³/mol. The molecule has 0 bridgehead atoms. The van der Waals surface area contributed by atoms with E-state index >= 15 is 0 Å². The van der Waals surface area contributed by atoms with Gasteiger partial charge in [-0.25, -0.2) is 0 Å². The highest BCUT2D eigenvalue weighted by Gasteiger charge is 2.31. The molecule has 0 spiro atoms. The molecule has 92 valence electrons. The molecule has 2 heterocycles. The van der Waals surface area contributed by atoms with Crippen molar-refractivity contribution in [3.05, 3.63) is 0 Å². The summed E-state index contributed by atoms with van der Waals surface area (Å²) >= 11 is 0. The van der Waals surface area contributed by atoms with Gasteiger partial charge in [0.05, 0.1) is 12.7 Å². The lowest BCUT2D eigenvalue weighted by Gasteiger charge is -2.33. The number of likely N-dealkylation sites (tertiary alicyclic amines) is 1. The van der Waals surface area contributed by atoms with Gasteiger partial charge in [-0.15, -0.1) is 0 Å². The number of nitrogens with one attached hydrogen (secondary N) is 1. The Morgan fingerprint density at radius 1 is 1.25 bits per heavy atom. The first-order valence-electron chi connectivity index (χ1n) is 6.43. The second kappa shape index (κ2) is 5.64. The van der Waals surface area contributed by atoms with Crippen LogP contribution < -0.4 is 5.32 Å². The Bertz CT molecular complexity index is 237. The van der Waals surface area contributed by atoms with Crippen LogP contribution in [0.3, 0.4) is 0 Å². The molecule has 2 aliphatic rings. The second-order valence-electron chi connectivity index (χ2n) is 4.75. The van der Waals surface area contributed by atoms with E-state index in [2.05, 4.69) is 5.32 Å². The zero-order valence-corrected chi connectivity index (χ0v) is 10.1. The number of carbonyl (C=O) groups is 1. The molecular weight excluding hydrogens is 204 g/mol. The minimum atomic E-state index is -0.133. The maximum absolute atomic E-state index is 12.3. The third-order valence-corrected chi connectivity index (χ3v) is 3.50. The Hall–Kier alpha value is -0.610. The molecule has 0 radical (unpaired) electrons. The normalized spacial score (nSPS) is 32.2. The van der Waals surface area contributed by atoms with Crippen LogP contribution in [0, 0.1) is 0 Å². The SMILES string of the molecule is C[C@H]1OCCN[C@@H]1C(=O)N1CCCCCC1. The predicted octanol–water partition coefficient (Wildman–Crippen LogP) is 0.766. The number of morpholine rings is 1. The minimum absolute atomic E-state index is 0.00417. The molecule has 0 aliphatic carbocycles. The molecule has 0 aromatic heterocycles. The Morgan fingerprint density at radius 3 is 2.56 bits per heavy atom. The quantitative estimate of drug-likeness (QED) is 0.718. The van der Waals surface area contributed by atoms with E-state index in [0.717, 1.165) is 32.5 Å². The number of amides is 1. The first-order valence-corrected chi connectivity index (χ1v) is 6.43. The van der Waals surface area contributed by atoms with E-state index in [1.807, 2.05) is 11.8 Å². The number of carbonyl (C=O) groups excluding carboxylic acids is 1. The van der Waals surface area contributed by atoms with Crippen molar-refractivity contribution in [2.75, 3.05) is 26.2 Å². The maximum Gasteiger partial charge on any atom is 0.242 e. The van der Waals surface area contributed by atoms with Crippen LogP contribution in [-0.4, -0.2) is 49.2 Å². The van der Waals surface area contributed by atoms with Crippen molar-refractivity contribution in [3.8, 4) is 0 Å². The molecule has 2 aliphatic heterocycles. The zero-order valence-electron chi connectivity index (χ0n) is 10.1. The van der Waals surface area contributed by atoms with E-state index in [9.17, 15) is 4.79 Å². The fourth-order valence-electron chi connectivity index (χ4n) is 2.50. The number of hydrogen-bond donors (Lipinski definition) is 1. The highest BCUT2D eigenvalue weighted by molar-refractivity contribution is 5.82. The Balaban J connectivity index is 1.93. The van der Waals surface area contributed by atoms with Crippen molar-refractivity contribution in [1.29, 1.82) is 0 Å². The van der Waals surface area contributed by atoms with Crippen LogP contribution >= 0.6 is 0 Å². The molecule has 2 saturated heterocycles. The van der Waals surface area contributed by atoms with Crippen molar-refractivity contribution in [2.45, 2.75) is 44.8 Å². The number of rotatable bonds is 1. The van der Waals surface area contributed by atoms with Gasteiger partial charge in [-0.3, -0.25) is 4.79 Å². The smallest absolute Gasteiger partial charge is 0.242 e. The number of hydrogen-bond acceptors (Lipinski definition) is 3. The first-order chi connectivity index (χ1) is 7.79. The van der Waals surface area contributed by atoms with E-state index in [-0.39, 0.29) is 18.1 Å². The van der Waals surface area contributed by atoms with Gasteiger partial charge in [-0.2, -0.15) is 0 Å². The molecule has 0 unspecified atom stereocenters. The summed E-state index contributed by atoms with van der Waals surface area (Å²) in [4.78, 5) is 14.3. The topological polar surface area (TPSA) is 41.6 Å². The Kier molecular flexibility index (Phi) is 4.18. The van der Waals surface area contributed by atoms with Crippen LogP contribution in [0.2, 0.25) is 0 Å². The van der Waals surface area contributed by atoms with Crippen LogP contribution in [-0.2, 0) is 9.53 Å². The fraction of sp³-hybridized carbons (Fsp3) is 0.917. The van der Waals surface area contributed by atoms with Gasteiger partial charge < -0.3 is 15.0 Å². The second-order valence-corrected chi connectivity index (χ2v) is 4.75. The molecule has 1 amide bonds. The molecule has 4 heteroatoms. The Morgan fingerprint density at radius 2 is 1.94 bits per heavy atom. The van der Waals surface area contributed by atoms with E-state index in [1.165, 1.54) is 12.8 Å². The van der Waals surface area contributed by atoms with E-state index in [4.69, 9.17) is 4.74 Å². The van der Waals surface area contributed by atoms with Crippen LogP contribution in [0.15, 0.2) is 0 Å². The largest absolute Gasteiger partial charge is 0.375 e. The summed E-state index contributed by atoms with van der Waals surface area (Å²) in [7, 11) is 0. The average Bonchev–Trinajstić information content (AvgIpc) is 2.57. The standard InChI is InChI=1S/C12H22N2O2/c1-10-11(13-6-9-16-10)12(15)14-7-4-2-3-5-8-14/h10-11,13H,2-9H2,1H3/t10-,11+/m1/s1. The fourth-order valence-corrected chi connectivity index (χ4v) is 2.50. The molecular formula is C12H22N2O2. The summed E-state index contributed by atoms with van der Waals surface area (Å²) in [6.07, 6.45) is 4.81. The molecule has 0 saturated carbocycles. The monoisotopic (exact) mass is 226 g/mol. The van der Waals surface area contributed by atoms with Crippen LogP contribution in [0.4, 0.5) is 0 Å². The van der Waals surface area contributed by atoms with Gasteiger partial charge in [-0.1, -0.05) is 12.8 Å². The van der Waals surface area contributed by atoms with Gasteiger partial charge in [0.15, 0.2) is 0 Å². The van der Waals surface area contributed by atoms with Crippen LogP contribution in [0.1, 0.15) is 32.6 Å². The van der Waals surface area contributed by atoms with E-state index in [0.29, 0.717) is 6.61 Å². The molecule has 16 heavy (non-hydrogen) atoms. The van der Waals surface area contributed by atoms with Crippen LogP contribution in [0.5, 0.6) is 0 Å². The highest BCUT2D eigenvalue weighted by atomic mass is 16.5. The van der Waals surface area contributed by atoms with Gasteiger partial charge in [0, 0.05) is 19.6 Å². The third-order valence-electron chi connectivity index (χ3n) is 3.50. The summed E-state index contributed by atoms with van der Waals surface area (Å²) in [5.74, 6) is 0.231. The minimum Gasteiger partial charge on any atom is -0.375 e. The molecule has 0 aromatic carbocycles.